The van der Waals surface area contributed by atoms with E-state index in [1.165, 1.54) is 11.8 Å². The Morgan fingerprint density at radius 3 is 2.00 bits per heavy atom. The molecule has 3 N–H and O–H groups in total. The van der Waals surface area contributed by atoms with Crippen LogP contribution in [0.25, 0.3) is 0 Å². The van der Waals surface area contributed by atoms with E-state index in [1.54, 1.807) is 0 Å². The highest BCUT2D eigenvalue weighted by atomic mass is 16.2. The monoisotopic (exact) mass is 383 g/mol. The lowest BCUT2D eigenvalue weighted by molar-refractivity contribution is -0.147. The van der Waals surface area contributed by atoms with Crippen LogP contribution in [0.2, 0.25) is 0 Å². The van der Waals surface area contributed by atoms with Gasteiger partial charge in [-0.05, 0) is 31.1 Å². The first-order valence-electron chi connectivity index (χ1n) is 9.88. The number of nitrogens with two attached hydrogens (primary N) is 1. The first kappa shape index (κ1) is 25.1. The minimum Gasteiger partial charge on any atom is -0.368 e. The zero-order valence-electron chi connectivity index (χ0n) is 17.7. The van der Waals surface area contributed by atoms with Crippen LogP contribution in [0.1, 0.15) is 73.6 Å². The van der Waals surface area contributed by atoms with Crippen molar-refractivity contribution in [2.45, 2.75) is 91.8 Å². The van der Waals surface area contributed by atoms with Crippen LogP contribution in [0, 0.1) is 11.8 Å². The molecular weight excluding hydrogens is 346 g/mol. The second-order valence-electron chi connectivity index (χ2n) is 8.02. The average molecular weight is 384 g/mol. The molecule has 7 heteroatoms. The smallest absolute Gasteiger partial charge is 0.246 e. The fraction of sp³-hybridized carbons (Fsp3) is 0.800. The van der Waals surface area contributed by atoms with E-state index in [0.717, 1.165) is 12.8 Å². The molecule has 0 radical (unpaired) electrons. The van der Waals surface area contributed by atoms with Gasteiger partial charge in [-0.3, -0.25) is 14.4 Å². The highest BCUT2D eigenvalue weighted by Crippen LogP contribution is 2.20. The SMILES string of the molecule is CCCC[C@@H](C=O)N(C(=O)[C@H](CC(C)C)NC(C)=O)[C@@H](CC(C)C)C(N)=O. The van der Waals surface area contributed by atoms with E-state index in [2.05, 4.69) is 5.32 Å². The van der Waals surface area contributed by atoms with Gasteiger partial charge in [0.15, 0.2) is 0 Å². The van der Waals surface area contributed by atoms with Gasteiger partial charge >= 0.3 is 0 Å². The molecule has 0 fully saturated rings. The van der Waals surface area contributed by atoms with Gasteiger partial charge in [-0.1, -0.05) is 47.5 Å². The van der Waals surface area contributed by atoms with E-state index in [0.29, 0.717) is 25.5 Å². The molecule has 156 valence electrons. The van der Waals surface area contributed by atoms with Gasteiger partial charge in [0, 0.05) is 6.92 Å². The van der Waals surface area contributed by atoms with Gasteiger partial charge in [0.2, 0.25) is 17.7 Å². The molecule has 0 heterocycles. The van der Waals surface area contributed by atoms with Crippen LogP contribution in [-0.4, -0.2) is 47.0 Å². The second-order valence-corrected chi connectivity index (χ2v) is 8.02. The number of carbonyl (C=O) groups is 4. The molecule has 3 amide bonds. The van der Waals surface area contributed by atoms with Crippen molar-refractivity contribution < 1.29 is 19.2 Å². The fourth-order valence-corrected chi connectivity index (χ4v) is 3.17. The van der Waals surface area contributed by atoms with Crippen LogP contribution in [0.4, 0.5) is 0 Å². The van der Waals surface area contributed by atoms with Gasteiger partial charge in [-0.2, -0.15) is 0 Å². The number of nitrogens with zero attached hydrogens (tertiary/aromatic N) is 1. The summed E-state index contributed by atoms with van der Waals surface area (Å²) in [7, 11) is 0. The Hall–Kier alpha value is -1.92. The molecule has 0 aromatic carbocycles. The van der Waals surface area contributed by atoms with E-state index in [9.17, 15) is 19.2 Å². The van der Waals surface area contributed by atoms with Crippen LogP contribution >= 0.6 is 0 Å². The molecule has 0 aliphatic carbocycles. The summed E-state index contributed by atoms with van der Waals surface area (Å²) >= 11 is 0. The zero-order valence-corrected chi connectivity index (χ0v) is 17.7. The molecule has 0 spiro atoms. The van der Waals surface area contributed by atoms with Crippen molar-refractivity contribution in [1.29, 1.82) is 0 Å². The van der Waals surface area contributed by atoms with Crippen LogP contribution in [-0.2, 0) is 19.2 Å². The molecule has 0 bridgehead atoms. The highest BCUT2D eigenvalue weighted by Gasteiger charge is 2.38. The average Bonchev–Trinajstić information content (AvgIpc) is 2.54. The summed E-state index contributed by atoms with van der Waals surface area (Å²) in [4.78, 5) is 50.3. The molecule has 0 aliphatic rings. The molecule has 0 aromatic heterocycles. The predicted molar refractivity (Wildman–Crippen MR) is 106 cm³/mol. The maximum Gasteiger partial charge on any atom is 0.246 e. The predicted octanol–water partition coefficient (Wildman–Crippen LogP) is 2.02. The number of aldehydes is 1. The van der Waals surface area contributed by atoms with E-state index in [1.807, 2.05) is 34.6 Å². The minimum absolute atomic E-state index is 0.112. The van der Waals surface area contributed by atoms with Crippen molar-refractivity contribution >= 4 is 24.0 Å². The summed E-state index contributed by atoms with van der Waals surface area (Å²) in [5, 5.41) is 2.68. The van der Waals surface area contributed by atoms with Gasteiger partial charge in [0.25, 0.3) is 0 Å². The Balaban J connectivity index is 5.99. The molecule has 0 saturated heterocycles. The summed E-state index contributed by atoms with van der Waals surface area (Å²) in [6, 6.07) is -2.41. The molecule has 0 saturated carbocycles. The summed E-state index contributed by atoms with van der Waals surface area (Å²) in [5.41, 5.74) is 5.61. The van der Waals surface area contributed by atoms with E-state index >= 15 is 0 Å². The molecule has 27 heavy (non-hydrogen) atoms. The third kappa shape index (κ3) is 9.02. The minimum atomic E-state index is -0.882. The maximum absolute atomic E-state index is 13.3. The lowest BCUT2D eigenvalue weighted by Gasteiger charge is -2.37. The standard InChI is InChI=1S/C20H37N3O4/c1-7-8-9-16(12-24)23(18(19(21)26)11-14(4)5)20(27)17(10-13(2)3)22-15(6)25/h12-14,16-18H,7-11H2,1-6H3,(H2,21,26)(H,22,25)/t16-,17-,18-/m0/s1. The van der Waals surface area contributed by atoms with Crippen LogP contribution in [0.5, 0.6) is 0 Å². The third-order valence-electron chi connectivity index (χ3n) is 4.36. The Kier molecular flexibility index (Phi) is 11.6. The van der Waals surface area contributed by atoms with Gasteiger partial charge in [-0.25, -0.2) is 0 Å². The zero-order chi connectivity index (χ0) is 21.1. The normalized spacial score (nSPS) is 14.5. The molecule has 0 aliphatic heterocycles. The quantitative estimate of drug-likeness (QED) is 0.474. The lowest BCUT2D eigenvalue weighted by atomic mass is 9.95. The lowest BCUT2D eigenvalue weighted by Crippen LogP contribution is -2.59. The Labute approximate surface area is 163 Å². The number of hydrogen-bond acceptors (Lipinski definition) is 4. The van der Waals surface area contributed by atoms with Crippen molar-refractivity contribution in [2.24, 2.45) is 17.6 Å². The third-order valence-corrected chi connectivity index (χ3v) is 4.36. The summed E-state index contributed by atoms with van der Waals surface area (Å²) in [6.45, 7) is 11.1. The molecule has 7 nitrogen and oxygen atoms in total. The van der Waals surface area contributed by atoms with Crippen LogP contribution < -0.4 is 11.1 Å². The van der Waals surface area contributed by atoms with Crippen molar-refractivity contribution in [3.63, 3.8) is 0 Å². The highest BCUT2D eigenvalue weighted by molar-refractivity contribution is 5.93. The largest absolute Gasteiger partial charge is 0.368 e. The van der Waals surface area contributed by atoms with Gasteiger partial charge in [-0.15, -0.1) is 0 Å². The van der Waals surface area contributed by atoms with Gasteiger partial charge < -0.3 is 20.7 Å². The van der Waals surface area contributed by atoms with Crippen molar-refractivity contribution in [3.05, 3.63) is 0 Å². The number of hydrogen-bond donors (Lipinski definition) is 2. The molecule has 3 atom stereocenters. The van der Waals surface area contributed by atoms with Gasteiger partial charge in [0.05, 0.1) is 6.04 Å². The van der Waals surface area contributed by atoms with Crippen molar-refractivity contribution in [3.8, 4) is 0 Å². The molecule has 0 rings (SSSR count). The van der Waals surface area contributed by atoms with Crippen LogP contribution in [0.3, 0.4) is 0 Å². The first-order chi connectivity index (χ1) is 12.5. The number of rotatable bonds is 13. The number of unbranched alkanes of at least 4 members (excludes halogenated alkanes) is 1. The Morgan fingerprint density at radius 1 is 1.07 bits per heavy atom. The Bertz CT molecular complexity index is 505. The summed E-state index contributed by atoms with van der Waals surface area (Å²) in [6.07, 6.45) is 3.56. The fourth-order valence-electron chi connectivity index (χ4n) is 3.17. The second kappa shape index (κ2) is 12.5. The topological polar surface area (TPSA) is 110 Å². The Morgan fingerprint density at radius 2 is 1.63 bits per heavy atom. The van der Waals surface area contributed by atoms with Crippen molar-refractivity contribution in [1.82, 2.24) is 10.2 Å². The van der Waals surface area contributed by atoms with E-state index in [-0.39, 0.29) is 17.7 Å². The van der Waals surface area contributed by atoms with E-state index in [4.69, 9.17) is 5.73 Å². The molecular formula is C20H37N3O4. The van der Waals surface area contributed by atoms with Crippen molar-refractivity contribution in [2.75, 3.05) is 0 Å². The summed E-state index contributed by atoms with van der Waals surface area (Å²) < 4.78 is 0. The number of nitrogens with one attached hydrogen (secondary N) is 1. The van der Waals surface area contributed by atoms with E-state index < -0.39 is 29.9 Å². The summed E-state index contributed by atoms with van der Waals surface area (Å²) in [5.74, 6) is -1.12. The number of carbonyl (C=O) groups excluding carboxylic acids is 4. The molecule has 0 unspecified atom stereocenters. The first-order valence-corrected chi connectivity index (χ1v) is 9.88. The van der Waals surface area contributed by atoms with Crippen LogP contribution in [0.15, 0.2) is 0 Å². The number of primary amides is 1. The van der Waals surface area contributed by atoms with Gasteiger partial charge in [0.1, 0.15) is 18.4 Å². The molecule has 0 aromatic rings. The maximum atomic E-state index is 13.3. The number of amides is 3.